The average molecular weight is 372 g/mol. The molecule has 1 fully saturated rings. The molecule has 1 saturated heterocycles. The lowest BCUT2D eigenvalue weighted by Crippen LogP contribution is -2.41. The molecule has 3 rings (SSSR count). The third-order valence-electron chi connectivity index (χ3n) is 5.07. The molecule has 0 saturated carbocycles. The van der Waals surface area contributed by atoms with E-state index in [4.69, 9.17) is 14.4 Å². The number of carbonyl (C=O) groups is 1. The van der Waals surface area contributed by atoms with Crippen LogP contribution in [0.25, 0.3) is 5.57 Å². The zero-order valence-corrected chi connectivity index (χ0v) is 15.8. The van der Waals surface area contributed by atoms with E-state index in [0.717, 1.165) is 0 Å². The van der Waals surface area contributed by atoms with Crippen LogP contribution >= 0.6 is 0 Å². The van der Waals surface area contributed by atoms with Gasteiger partial charge in [0.2, 0.25) is 0 Å². The van der Waals surface area contributed by atoms with E-state index in [1.54, 1.807) is 24.3 Å². The first kappa shape index (κ1) is 19.3. The Morgan fingerprint density at radius 1 is 1.15 bits per heavy atom. The van der Waals surface area contributed by atoms with E-state index in [9.17, 15) is 4.79 Å². The Balaban J connectivity index is 1.99. The van der Waals surface area contributed by atoms with Crippen molar-refractivity contribution < 1.29 is 23.6 Å². The van der Waals surface area contributed by atoms with Crippen molar-refractivity contribution in [1.82, 2.24) is 9.78 Å². The Bertz CT molecular complexity index is 861. The summed E-state index contributed by atoms with van der Waals surface area (Å²) in [4.78, 5) is 11.1. The number of carboxylic acids is 1. The van der Waals surface area contributed by atoms with E-state index in [1.165, 1.54) is 17.1 Å². The van der Waals surface area contributed by atoms with Gasteiger partial charge in [-0.1, -0.05) is 30.3 Å². The lowest BCUT2D eigenvalue weighted by atomic mass is 9.82. The highest BCUT2D eigenvalue weighted by molar-refractivity contribution is 6.55. The minimum absolute atomic E-state index is 0.0402. The van der Waals surface area contributed by atoms with E-state index in [-0.39, 0.29) is 12.1 Å². The van der Waals surface area contributed by atoms with Gasteiger partial charge < -0.3 is 14.4 Å². The molecule has 0 bridgehead atoms. The fraction of sp³-hybridized carbons (Fsp3) is 0.368. The van der Waals surface area contributed by atoms with Gasteiger partial charge in [0, 0.05) is 11.8 Å². The van der Waals surface area contributed by atoms with Crippen LogP contribution in [0.4, 0.5) is 4.39 Å². The highest BCUT2D eigenvalue weighted by Crippen LogP contribution is 2.40. The Morgan fingerprint density at radius 2 is 1.74 bits per heavy atom. The van der Waals surface area contributed by atoms with Crippen LogP contribution in [0.15, 0.2) is 48.5 Å². The number of halogens is 1. The minimum Gasteiger partial charge on any atom is -0.478 e. The number of aromatic carboxylic acids is 1. The molecular formula is C19H22BFN2O4. The molecule has 1 aromatic carbocycles. The molecule has 0 spiro atoms. The zero-order chi connectivity index (χ0) is 19.8. The SMILES string of the molecule is CC1(C)OB(C(F)=C(Cn2cc(C(=O)O)cn2)c2ccccc2)OC1(C)C. The highest BCUT2D eigenvalue weighted by Gasteiger charge is 2.53. The number of carboxylic acid groups (broad SMARTS) is 1. The fourth-order valence-electron chi connectivity index (χ4n) is 2.76. The molecule has 2 heterocycles. The summed E-state index contributed by atoms with van der Waals surface area (Å²) in [5.74, 6) is -1.09. The van der Waals surface area contributed by atoms with Gasteiger partial charge in [0.15, 0.2) is 0 Å². The predicted octanol–water partition coefficient (Wildman–Crippen LogP) is 3.59. The summed E-state index contributed by atoms with van der Waals surface area (Å²) in [6.45, 7) is 7.47. The predicted molar refractivity (Wildman–Crippen MR) is 99.7 cm³/mol. The standard InChI is InChI=1S/C19H22BFN2O4/c1-18(2)19(3,4)27-20(26-18)16(21)15(13-8-6-5-7-9-13)12-23-11-14(10-22-23)17(24)25/h5-11H,12H2,1-4H3,(H,24,25). The molecule has 1 aliphatic rings. The lowest BCUT2D eigenvalue weighted by Gasteiger charge is -2.32. The number of aromatic nitrogens is 2. The fourth-order valence-corrected chi connectivity index (χ4v) is 2.76. The quantitative estimate of drug-likeness (QED) is 0.812. The second kappa shape index (κ2) is 6.94. The summed E-state index contributed by atoms with van der Waals surface area (Å²) in [5.41, 5.74) is -0.866. The summed E-state index contributed by atoms with van der Waals surface area (Å²) in [6.07, 6.45) is 2.60. The normalized spacial score (nSPS) is 19.1. The molecule has 2 aromatic rings. The van der Waals surface area contributed by atoms with Crippen LogP contribution in [0.3, 0.4) is 0 Å². The van der Waals surface area contributed by atoms with Crippen molar-refractivity contribution in [3.05, 3.63) is 59.6 Å². The van der Waals surface area contributed by atoms with E-state index in [0.29, 0.717) is 11.1 Å². The molecule has 0 radical (unpaired) electrons. The van der Waals surface area contributed by atoms with Gasteiger partial charge >= 0.3 is 13.1 Å². The van der Waals surface area contributed by atoms with Gasteiger partial charge in [-0.25, -0.2) is 9.18 Å². The molecule has 8 heteroatoms. The number of allylic oxidation sites excluding steroid dienone is 1. The largest absolute Gasteiger partial charge is 0.525 e. The van der Waals surface area contributed by atoms with Crippen LogP contribution in [0.1, 0.15) is 43.6 Å². The van der Waals surface area contributed by atoms with E-state index in [1.807, 2.05) is 33.8 Å². The van der Waals surface area contributed by atoms with Gasteiger partial charge in [-0.15, -0.1) is 0 Å². The number of rotatable bonds is 5. The second-order valence-electron chi connectivity index (χ2n) is 7.51. The monoisotopic (exact) mass is 372 g/mol. The number of hydrogen-bond acceptors (Lipinski definition) is 4. The Labute approximate surface area is 157 Å². The van der Waals surface area contributed by atoms with Crippen molar-refractivity contribution in [2.75, 3.05) is 0 Å². The van der Waals surface area contributed by atoms with Gasteiger partial charge in [0.25, 0.3) is 0 Å². The van der Waals surface area contributed by atoms with Gasteiger partial charge in [-0.05, 0) is 33.3 Å². The van der Waals surface area contributed by atoms with Gasteiger partial charge in [0.05, 0.1) is 29.5 Å². The number of benzene rings is 1. The van der Waals surface area contributed by atoms with Crippen molar-refractivity contribution in [2.24, 2.45) is 0 Å². The molecule has 0 unspecified atom stereocenters. The van der Waals surface area contributed by atoms with Crippen LogP contribution in [-0.2, 0) is 15.9 Å². The summed E-state index contributed by atoms with van der Waals surface area (Å²) >= 11 is 0. The first-order valence-electron chi connectivity index (χ1n) is 8.66. The number of nitrogens with zero attached hydrogens (tertiary/aromatic N) is 2. The van der Waals surface area contributed by atoms with Crippen LogP contribution in [0.5, 0.6) is 0 Å². The molecule has 1 N–H and O–H groups in total. The minimum atomic E-state index is -1.14. The maximum absolute atomic E-state index is 15.5. The molecule has 0 amide bonds. The van der Waals surface area contributed by atoms with Crippen LogP contribution < -0.4 is 0 Å². The topological polar surface area (TPSA) is 73.6 Å². The Hall–Kier alpha value is -2.45. The molecule has 142 valence electrons. The second-order valence-corrected chi connectivity index (χ2v) is 7.51. The van der Waals surface area contributed by atoms with Crippen LogP contribution in [-0.4, -0.2) is 39.2 Å². The molecule has 6 nitrogen and oxygen atoms in total. The maximum atomic E-state index is 15.5. The van der Waals surface area contributed by atoms with Crippen molar-refractivity contribution >= 4 is 18.7 Å². The molecule has 0 atom stereocenters. The van der Waals surface area contributed by atoms with Crippen molar-refractivity contribution in [1.29, 1.82) is 0 Å². The summed E-state index contributed by atoms with van der Waals surface area (Å²) < 4.78 is 28.5. The number of hydrogen-bond donors (Lipinski definition) is 1. The van der Waals surface area contributed by atoms with Gasteiger partial charge in [-0.3, -0.25) is 4.68 Å². The first-order valence-corrected chi connectivity index (χ1v) is 8.66. The van der Waals surface area contributed by atoms with E-state index in [2.05, 4.69) is 5.10 Å². The van der Waals surface area contributed by atoms with E-state index < -0.39 is 30.0 Å². The van der Waals surface area contributed by atoms with Crippen molar-refractivity contribution in [2.45, 2.75) is 45.4 Å². The lowest BCUT2D eigenvalue weighted by molar-refractivity contribution is 0.00578. The first-order chi connectivity index (χ1) is 12.6. The van der Waals surface area contributed by atoms with Crippen molar-refractivity contribution in [3.8, 4) is 0 Å². The third kappa shape index (κ3) is 3.82. The van der Waals surface area contributed by atoms with Gasteiger partial charge in [0.1, 0.15) is 5.73 Å². The summed E-state index contributed by atoms with van der Waals surface area (Å²) in [5, 5.41) is 13.1. The Kier molecular flexibility index (Phi) is 4.97. The molecule has 0 aliphatic carbocycles. The van der Waals surface area contributed by atoms with Crippen molar-refractivity contribution in [3.63, 3.8) is 0 Å². The maximum Gasteiger partial charge on any atom is 0.525 e. The molecule has 1 aromatic heterocycles. The average Bonchev–Trinajstić information content (AvgIpc) is 3.15. The van der Waals surface area contributed by atoms with Crippen LogP contribution in [0, 0.1) is 0 Å². The summed E-state index contributed by atoms with van der Waals surface area (Å²) in [7, 11) is -1.14. The smallest absolute Gasteiger partial charge is 0.478 e. The highest BCUT2D eigenvalue weighted by atomic mass is 19.1. The third-order valence-corrected chi connectivity index (χ3v) is 5.07. The van der Waals surface area contributed by atoms with Gasteiger partial charge in [-0.2, -0.15) is 5.10 Å². The molecular weight excluding hydrogens is 350 g/mol. The molecule has 27 heavy (non-hydrogen) atoms. The zero-order valence-electron chi connectivity index (χ0n) is 15.8. The summed E-state index contributed by atoms with van der Waals surface area (Å²) in [6, 6.07) is 9.00. The van der Waals surface area contributed by atoms with Crippen LogP contribution in [0.2, 0.25) is 0 Å². The van der Waals surface area contributed by atoms with E-state index >= 15 is 4.39 Å². The Morgan fingerprint density at radius 3 is 2.26 bits per heavy atom. The molecule has 1 aliphatic heterocycles.